The second-order valence-electron chi connectivity index (χ2n) is 4.43. The molecule has 0 atom stereocenters. The third-order valence-electron chi connectivity index (χ3n) is 3.04. The van der Waals surface area contributed by atoms with Crippen LogP contribution < -0.4 is 0 Å². The molecule has 0 aromatic heterocycles. The van der Waals surface area contributed by atoms with E-state index in [0.29, 0.717) is 13.1 Å². The summed E-state index contributed by atoms with van der Waals surface area (Å²) in [7, 11) is -3.82. The number of hydrogen-bond acceptors (Lipinski definition) is 4. The van der Waals surface area contributed by atoms with Crippen molar-refractivity contribution in [2.45, 2.75) is 38.0 Å². The maximum atomic E-state index is 12.5. The Morgan fingerprint density at radius 1 is 1.20 bits per heavy atom. The highest BCUT2D eigenvalue weighted by Gasteiger charge is 2.29. The number of sulfonamides is 1. The Bertz CT molecular complexity index is 557. The molecule has 0 heterocycles. The molecule has 0 saturated heterocycles. The fourth-order valence-corrected chi connectivity index (χ4v) is 3.60. The maximum absolute atomic E-state index is 12.5. The molecule has 20 heavy (non-hydrogen) atoms. The molecule has 112 valence electrons. The first-order chi connectivity index (χ1) is 9.45. The summed E-state index contributed by atoms with van der Waals surface area (Å²) in [5, 5.41) is 11.0. The average Bonchev–Trinajstić information content (AvgIpc) is 2.43. The Morgan fingerprint density at radius 2 is 1.85 bits per heavy atom. The van der Waals surface area contributed by atoms with Crippen LogP contribution in [-0.4, -0.2) is 30.7 Å². The second-order valence-corrected chi connectivity index (χ2v) is 6.34. The van der Waals surface area contributed by atoms with Gasteiger partial charge in [-0.2, -0.15) is 4.31 Å². The van der Waals surface area contributed by atoms with Gasteiger partial charge in [0.1, 0.15) is 0 Å². The zero-order chi connectivity index (χ0) is 15.2. The van der Waals surface area contributed by atoms with E-state index < -0.39 is 14.9 Å². The summed E-state index contributed by atoms with van der Waals surface area (Å²) in [4.78, 5) is 10.1. The van der Waals surface area contributed by atoms with E-state index in [4.69, 9.17) is 0 Å². The van der Waals surface area contributed by atoms with Gasteiger partial charge in [0.05, 0.1) is 4.92 Å². The van der Waals surface area contributed by atoms with Gasteiger partial charge in [-0.1, -0.05) is 38.8 Å². The quantitative estimate of drug-likeness (QED) is 0.420. The fraction of sp³-hybridized carbons (Fsp3) is 0.538. The lowest BCUT2D eigenvalue weighted by atomic mass is 10.2. The molecule has 0 aliphatic carbocycles. The highest BCUT2D eigenvalue weighted by atomic mass is 32.2. The molecule has 1 aromatic carbocycles. The Balaban J connectivity index is 3.11. The molecular weight excluding hydrogens is 280 g/mol. The van der Waals surface area contributed by atoms with Gasteiger partial charge in [-0.3, -0.25) is 10.1 Å². The molecule has 0 fully saturated rings. The van der Waals surface area contributed by atoms with Crippen LogP contribution in [0.25, 0.3) is 0 Å². The minimum absolute atomic E-state index is 0.233. The molecule has 0 saturated carbocycles. The minimum atomic E-state index is -3.82. The Hall–Kier alpha value is -1.47. The normalized spacial score (nSPS) is 11.8. The van der Waals surface area contributed by atoms with E-state index in [-0.39, 0.29) is 10.6 Å². The molecule has 7 heteroatoms. The van der Waals surface area contributed by atoms with Crippen LogP contribution >= 0.6 is 0 Å². The first-order valence-corrected chi connectivity index (χ1v) is 8.12. The number of para-hydroxylation sites is 1. The maximum Gasteiger partial charge on any atom is 0.289 e. The smallest absolute Gasteiger partial charge is 0.258 e. The Kier molecular flexibility index (Phi) is 6.09. The van der Waals surface area contributed by atoms with Gasteiger partial charge in [-0.25, -0.2) is 8.42 Å². The molecule has 0 spiro atoms. The third kappa shape index (κ3) is 3.77. The van der Waals surface area contributed by atoms with Gasteiger partial charge in [0, 0.05) is 19.2 Å². The summed E-state index contributed by atoms with van der Waals surface area (Å²) in [5.74, 6) is 0. The van der Waals surface area contributed by atoms with Gasteiger partial charge >= 0.3 is 0 Å². The van der Waals surface area contributed by atoms with Crippen LogP contribution in [0.3, 0.4) is 0 Å². The van der Waals surface area contributed by atoms with Crippen LogP contribution in [0, 0.1) is 10.1 Å². The predicted molar refractivity (Wildman–Crippen MR) is 77.1 cm³/mol. The van der Waals surface area contributed by atoms with Crippen molar-refractivity contribution < 1.29 is 13.3 Å². The van der Waals surface area contributed by atoms with Gasteiger partial charge in [-0.15, -0.1) is 0 Å². The van der Waals surface area contributed by atoms with Crippen LogP contribution in [0.1, 0.15) is 33.1 Å². The van der Waals surface area contributed by atoms with Gasteiger partial charge in [-0.05, 0) is 12.5 Å². The van der Waals surface area contributed by atoms with E-state index in [0.717, 1.165) is 19.3 Å². The van der Waals surface area contributed by atoms with Crippen molar-refractivity contribution in [3.05, 3.63) is 34.4 Å². The highest BCUT2D eigenvalue weighted by molar-refractivity contribution is 7.89. The average molecular weight is 300 g/mol. The summed E-state index contributed by atoms with van der Waals surface area (Å²) in [6.07, 6.45) is 2.68. The number of unbranched alkanes of at least 4 members (excludes halogenated alkanes) is 2. The van der Waals surface area contributed by atoms with E-state index in [1.54, 1.807) is 6.92 Å². The Labute approximate surface area is 119 Å². The number of rotatable bonds is 8. The SMILES string of the molecule is CCCCCN(CC)S(=O)(=O)c1ccccc1[N+](=O)[O-]. The Morgan fingerprint density at radius 3 is 2.40 bits per heavy atom. The van der Waals surface area contributed by atoms with Crippen molar-refractivity contribution in [1.29, 1.82) is 0 Å². The molecule has 0 aliphatic rings. The van der Waals surface area contributed by atoms with E-state index in [1.165, 1.54) is 28.6 Å². The van der Waals surface area contributed by atoms with E-state index in [9.17, 15) is 18.5 Å². The first-order valence-electron chi connectivity index (χ1n) is 6.68. The summed E-state index contributed by atoms with van der Waals surface area (Å²) in [5.41, 5.74) is -0.374. The molecule has 0 bridgehead atoms. The van der Waals surface area contributed by atoms with Crippen molar-refractivity contribution in [2.75, 3.05) is 13.1 Å². The summed E-state index contributed by atoms with van der Waals surface area (Å²) >= 11 is 0. The summed E-state index contributed by atoms with van der Waals surface area (Å²) < 4.78 is 26.3. The largest absolute Gasteiger partial charge is 0.289 e. The second kappa shape index (κ2) is 7.35. The van der Waals surface area contributed by atoms with Gasteiger partial charge in [0.15, 0.2) is 4.90 Å². The molecule has 0 aliphatic heterocycles. The molecule has 0 amide bonds. The number of nitro benzene ring substituents is 1. The molecule has 1 aromatic rings. The van der Waals surface area contributed by atoms with Gasteiger partial charge in [0.25, 0.3) is 5.69 Å². The van der Waals surface area contributed by atoms with Crippen molar-refractivity contribution in [3.8, 4) is 0 Å². The number of nitrogens with zero attached hydrogens (tertiary/aromatic N) is 2. The topological polar surface area (TPSA) is 80.5 Å². The molecule has 0 unspecified atom stereocenters. The lowest BCUT2D eigenvalue weighted by molar-refractivity contribution is -0.387. The van der Waals surface area contributed by atoms with E-state index in [2.05, 4.69) is 0 Å². The zero-order valence-electron chi connectivity index (χ0n) is 11.8. The molecule has 1 rings (SSSR count). The minimum Gasteiger partial charge on any atom is -0.258 e. The molecule has 0 radical (unpaired) electrons. The van der Waals surface area contributed by atoms with E-state index in [1.807, 2.05) is 6.92 Å². The van der Waals surface area contributed by atoms with Crippen molar-refractivity contribution in [1.82, 2.24) is 4.31 Å². The first kappa shape index (κ1) is 16.6. The van der Waals surface area contributed by atoms with Gasteiger partial charge in [0.2, 0.25) is 10.0 Å². The number of nitro groups is 1. The van der Waals surface area contributed by atoms with E-state index >= 15 is 0 Å². The van der Waals surface area contributed by atoms with Gasteiger partial charge < -0.3 is 0 Å². The van der Waals surface area contributed by atoms with Crippen LogP contribution in [0.5, 0.6) is 0 Å². The van der Waals surface area contributed by atoms with Crippen LogP contribution in [0.2, 0.25) is 0 Å². The molecule has 6 nitrogen and oxygen atoms in total. The number of hydrogen-bond donors (Lipinski definition) is 0. The zero-order valence-corrected chi connectivity index (χ0v) is 12.6. The van der Waals surface area contributed by atoms with Crippen molar-refractivity contribution >= 4 is 15.7 Å². The number of benzene rings is 1. The van der Waals surface area contributed by atoms with Crippen molar-refractivity contribution in [3.63, 3.8) is 0 Å². The predicted octanol–water partition coefficient (Wildman–Crippen LogP) is 2.80. The molecular formula is C13H20N2O4S. The lowest BCUT2D eigenvalue weighted by Gasteiger charge is -2.20. The lowest BCUT2D eigenvalue weighted by Crippen LogP contribution is -2.32. The van der Waals surface area contributed by atoms with Crippen molar-refractivity contribution in [2.24, 2.45) is 0 Å². The van der Waals surface area contributed by atoms with Crippen LogP contribution in [0.4, 0.5) is 5.69 Å². The van der Waals surface area contributed by atoms with Crippen LogP contribution in [-0.2, 0) is 10.0 Å². The fourth-order valence-electron chi connectivity index (χ4n) is 1.95. The third-order valence-corrected chi connectivity index (χ3v) is 5.07. The van der Waals surface area contributed by atoms with Crippen LogP contribution in [0.15, 0.2) is 29.2 Å². The standard InChI is InChI=1S/C13H20N2O4S/c1-3-5-8-11-14(4-2)20(18,19)13-10-7-6-9-12(13)15(16)17/h6-7,9-10H,3-5,8,11H2,1-2H3. The summed E-state index contributed by atoms with van der Waals surface area (Å²) in [6, 6.07) is 5.47. The summed E-state index contributed by atoms with van der Waals surface area (Å²) in [6.45, 7) is 4.46. The monoisotopic (exact) mass is 300 g/mol. The highest BCUT2D eigenvalue weighted by Crippen LogP contribution is 2.26. The molecule has 0 N–H and O–H groups in total.